The highest BCUT2D eigenvalue weighted by atomic mass is 16.5. The summed E-state index contributed by atoms with van der Waals surface area (Å²) < 4.78 is 11.3. The minimum atomic E-state index is -0.459. The fourth-order valence-electron chi connectivity index (χ4n) is 3.41. The van der Waals surface area contributed by atoms with Gasteiger partial charge in [0.25, 0.3) is 5.91 Å². The molecule has 3 aromatic carbocycles. The SMILES string of the molecule is O=C(OCc1ccc(C(=O)N2CCCC2)cc1)c1ccccc1Oc1ccccc1. The van der Waals surface area contributed by atoms with Crippen LogP contribution in [0.2, 0.25) is 0 Å². The van der Waals surface area contributed by atoms with Crippen LogP contribution >= 0.6 is 0 Å². The van der Waals surface area contributed by atoms with Gasteiger partial charge in [-0.25, -0.2) is 4.79 Å². The van der Waals surface area contributed by atoms with E-state index in [4.69, 9.17) is 9.47 Å². The summed E-state index contributed by atoms with van der Waals surface area (Å²) in [6, 6.07) is 23.5. The lowest BCUT2D eigenvalue weighted by atomic mass is 10.1. The van der Waals surface area contributed by atoms with Gasteiger partial charge in [0.2, 0.25) is 0 Å². The zero-order valence-corrected chi connectivity index (χ0v) is 16.6. The van der Waals surface area contributed by atoms with Crippen LogP contribution in [0, 0.1) is 0 Å². The summed E-state index contributed by atoms with van der Waals surface area (Å²) >= 11 is 0. The van der Waals surface area contributed by atoms with Gasteiger partial charge in [-0.2, -0.15) is 0 Å². The minimum absolute atomic E-state index is 0.0584. The van der Waals surface area contributed by atoms with Gasteiger partial charge in [0.15, 0.2) is 0 Å². The molecule has 0 radical (unpaired) electrons. The number of rotatable bonds is 6. The molecule has 30 heavy (non-hydrogen) atoms. The fourth-order valence-corrected chi connectivity index (χ4v) is 3.41. The lowest BCUT2D eigenvalue weighted by molar-refractivity contribution is 0.0469. The highest BCUT2D eigenvalue weighted by Crippen LogP contribution is 2.26. The number of amides is 1. The van der Waals surface area contributed by atoms with E-state index in [1.54, 1.807) is 30.3 Å². The Kier molecular flexibility index (Phi) is 6.09. The third kappa shape index (κ3) is 4.69. The number of esters is 1. The number of benzene rings is 3. The number of likely N-dealkylation sites (tertiary alicyclic amines) is 1. The average molecular weight is 401 g/mol. The van der Waals surface area contributed by atoms with Crippen LogP contribution in [0.15, 0.2) is 78.9 Å². The van der Waals surface area contributed by atoms with E-state index >= 15 is 0 Å². The van der Waals surface area contributed by atoms with Crippen LogP contribution in [0.1, 0.15) is 39.1 Å². The molecule has 0 aromatic heterocycles. The standard InChI is InChI=1S/C25H23NO4/c27-24(26-16-6-7-17-26)20-14-12-19(13-15-20)18-29-25(28)22-10-4-5-11-23(22)30-21-8-2-1-3-9-21/h1-5,8-15H,6-7,16-18H2. The Morgan fingerprint density at radius 3 is 2.20 bits per heavy atom. The van der Waals surface area contributed by atoms with E-state index in [1.165, 1.54) is 0 Å². The summed E-state index contributed by atoms with van der Waals surface area (Å²) in [5.41, 5.74) is 1.85. The molecule has 1 heterocycles. The van der Waals surface area contributed by atoms with E-state index in [0.717, 1.165) is 31.5 Å². The Morgan fingerprint density at radius 2 is 1.47 bits per heavy atom. The molecule has 0 unspecified atom stereocenters. The molecule has 1 fully saturated rings. The van der Waals surface area contributed by atoms with Gasteiger partial charge in [-0.05, 0) is 54.8 Å². The zero-order valence-electron chi connectivity index (χ0n) is 16.6. The summed E-state index contributed by atoms with van der Waals surface area (Å²) in [6.07, 6.45) is 2.13. The van der Waals surface area contributed by atoms with Gasteiger partial charge < -0.3 is 14.4 Å². The molecule has 0 atom stereocenters. The van der Waals surface area contributed by atoms with Gasteiger partial charge in [-0.15, -0.1) is 0 Å². The molecule has 0 bridgehead atoms. The lowest BCUT2D eigenvalue weighted by Crippen LogP contribution is -2.27. The molecule has 0 spiro atoms. The van der Waals surface area contributed by atoms with E-state index < -0.39 is 5.97 Å². The summed E-state index contributed by atoms with van der Waals surface area (Å²) in [5.74, 6) is 0.693. The number of nitrogens with zero attached hydrogens (tertiary/aromatic N) is 1. The highest BCUT2D eigenvalue weighted by molar-refractivity contribution is 5.94. The van der Waals surface area contributed by atoms with Crippen LogP contribution in [0.3, 0.4) is 0 Å². The second-order valence-corrected chi connectivity index (χ2v) is 7.18. The van der Waals surface area contributed by atoms with Crippen molar-refractivity contribution in [2.45, 2.75) is 19.4 Å². The van der Waals surface area contributed by atoms with E-state index in [-0.39, 0.29) is 12.5 Å². The van der Waals surface area contributed by atoms with Crippen LogP contribution in [-0.4, -0.2) is 29.9 Å². The zero-order chi connectivity index (χ0) is 20.8. The van der Waals surface area contributed by atoms with Crippen molar-refractivity contribution in [1.29, 1.82) is 0 Å². The van der Waals surface area contributed by atoms with Crippen molar-refractivity contribution >= 4 is 11.9 Å². The fraction of sp³-hybridized carbons (Fsp3) is 0.200. The molecule has 5 heteroatoms. The second kappa shape index (κ2) is 9.27. The van der Waals surface area contributed by atoms with Crippen LogP contribution < -0.4 is 4.74 Å². The van der Waals surface area contributed by atoms with Gasteiger partial charge in [-0.3, -0.25) is 4.79 Å². The lowest BCUT2D eigenvalue weighted by Gasteiger charge is -2.15. The average Bonchev–Trinajstić information content (AvgIpc) is 3.33. The van der Waals surface area contributed by atoms with Gasteiger partial charge >= 0.3 is 5.97 Å². The molecule has 3 aromatic rings. The van der Waals surface area contributed by atoms with Gasteiger partial charge in [-0.1, -0.05) is 42.5 Å². The molecule has 1 aliphatic heterocycles. The first kappa shape index (κ1) is 19.7. The number of ether oxygens (including phenoxy) is 2. The van der Waals surface area contributed by atoms with Crippen molar-refractivity contribution in [3.63, 3.8) is 0 Å². The number of carbonyl (C=O) groups is 2. The first-order valence-electron chi connectivity index (χ1n) is 10.1. The topological polar surface area (TPSA) is 55.8 Å². The second-order valence-electron chi connectivity index (χ2n) is 7.18. The Hall–Kier alpha value is -3.60. The van der Waals surface area contributed by atoms with Crippen molar-refractivity contribution < 1.29 is 19.1 Å². The van der Waals surface area contributed by atoms with E-state index in [9.17, 15) is 9.59 Å². The molecule has 0 saturated carbocycles. The van der Waals surface area contributed by atoms with Crippen LogP contribution in [0.4, 0.5) is 0 Å². The molecule has 4 rings (SSSR count). The van der Waals surface area contributed by atoms with E-state index in [0.29, 0.717) is 22.6 Å². The smallest absolute Gasteiger partial charge is 0.342 e. The largest absolute Gasteiger partial charge is 0.457 e. The summed E-state index contributed by atoms with van der Waals surface area (Å²) in [4.78, 5) is 26.9. The Labute approximate surface area is 175 Å². The molecule has 0 N–H and O–H groups in total. The predicted octanol–water partition coefficient (Wildman–Crippen LogP) is 5.07. The summed E-state index contributed by atoms with van der Waals surface area (Å²) in [7, 11) is 0. The molecule has 0 aliphatic carbocycles. The molecular weight excluding hydrogens is 378 g/mol. The van der Waals surface area contributed by atoms with E-state index in [1.807, 2.05) is 53.4 Å². The van der Waals surface area contributed by atoms with Crippen LogP contribution in [0.5, 0.6) is 11.5 Å². The van der Waals surface area contributed by atoms with Crippen LogP contribution in [0.25, 0.3) is 0 Å². The van der Waals surface area contributed by atoms with E-state index in [2.05, 4.69) is 0 Å². The van der Waals surface area contributed by atoms with Gasteiger partial charge in [0.1, 0.15) is 23.7 Å². The first-order chi connectivity index (χ1) is 14.7. The summed E-state index contributed by atoms with van der Waals surface area (Å²) in [5, 5.41) is 0. The number of hydrogen-bond donors (Lipinski definition) is 0. The number of para-hydroxylation sites is 2. The molecule has 152 valence electrons. The monoisotopic (exact) mass is 401 g/mol. The first-order valence-corrected chi connectivity index (χ1v) is 10.1. The quantitative estimate of drug-likeness (QED) is 0.541. The predicted molar refractivity (Wildman–Crippen MR) is 114 cm³/mol. The number of hydrogen-bond acceptors (Lipinski definition) is 4. The van der Waals surface area contributed by atoms with Gasteiger partial charge in [0, 0.05) is 18.7 Å². The highest BCUT2D eigenvalue weighted by Gasteiger charge is 2.19. The maximum absolute atomic E-state index is 12.6. The Bertz CT molecular complexity index is 1010. The van der Waals surface area contributed by atoms with Gasteiger partial charge in [0.05, 0.1) is 0 Å². The van der Waals surface area contributed by atoms with Crippen LogP contribution in [-0.2, 0) is 11.3 Å². The Morgan fingerprint density at radius 1 is 0.800 bits per heavy atom. The molecular formula is C25H23NO4. The maximum atomic E-state index is 12.6. The Balaban J connectivity index is 1.38. The number of carbonyl (C=O) groups excluding carboxylic acids is 2. The normalized spacial score (nSPS) is 13.1. The molecule has 1 saturated heterocycles. The minimum Gasteiger partial charge on any atom is -0.457 e. The molecule has 1 aliphatic rings. The van der Waals surface area contributed by atoms with Crippen molar-refractivity contribution in [2.24, 2.45) is 0 Å². The third-order valence-corrected chi connectivity index (χ3v) is 5.04. The van der Waals surface area contributed by atoms with Crippen molar-refractivity contribution in [3.05, 3.63) is 95.6 Å². The van der Waals surface area contributed by atoms with Crippen molar-refractivity contribution in [3.8, 4) is 11.5 Å². The molecule has 5 nitrogen and oxygen atoms in total. The molecule has 1 amide bonds. The maximum Gasteiger partial charge on any atom is 0.342 e. The van der Waals surface area contributed by atoms with Crippen molar-refractivity contribution in [2.75, 3.05) is 13.1 Å². The summed E-state index contributed by atoms with van der Waals surface area (Å²) in [6.45, 7) is 1.77. The van der Waals surface area contributed by atoms with Crippen molar-refractivity contribution in [1.82, 2.24) is 4.90 Å². The third-order valence-electron chi connectivity index (χ3n) is 5.04.